The highest BCUT2D eigenvalue weighted by Gasteiger charge is 2.20. The van der Waals surface area contributed by atoms with Gasteiger partial charge in [0.2, 0.25) is 0 Å². The zero-order valence-electron chi connectivity index (χ0n) is 13.9. The minimum atomic E-state index is -0.253. The van der Waals surface area contributed by atoms with Gasteiger partial charge in [0.25, 0.3) is 5.91 Å². The molecular formula is C15H27N3O3. The number of hydrogen-bond acceptors (Lipinski definition) is 4. The van der Waals surface area contributed by atoms with E-state index in [1.165, 1.54) is 0 Å². The van der Waals surface area contributed by atoms with Gasteiger partial charge in [-0.3, -0.25) is 9.48 Å². The molecule has 1 rings (SSSR count). The van der Waals surface area contributed by atoms with Gasteiger partial charge in [0, 0.05) is 7.05 Å². The average molecular weight is 297 g/mol. The van der Waals surface area contributed by atoms with Gasteiger partial charge in [-0.15, -0.1) is 0 Å². The summed E-state index contributed by atoms with van der Waals surface area (Å²) in [5.41, 5.74) is 1.68. The first kappa shape index (κ1) is 17.5. The smallest absolute Gasteiger partial charge is 0.258 e. The van der Waals surface area contributed by atoms with Crippen LogP contribution in [0.1, 0.15) is 38.6 Å². The minimum absolute atomic E-state index is 0.0397. The topological polar surface area (TPSA) is 76.4 Å². The summed E-state index contributed by atoms with van der Waals surface area (Å²) < 4.78 is 7.27. The molecule has 120 valence electrons. The fourth-order valence-electron chi connectivity index (χ4n) is 2.27. The second-order valence-corrected chi connectivity index (χ2v) is 6.62. The van der Waals surface area contributed by atoms with E-state index in [1.54, 1.807) is 4.68 Å². The molecule has 1 heterocycles. The summed E-state index contributed by atoms with van der Waals surface area (Å²) in [6, 6.07) is -0.253. The number of nitrogens with zero attached hydrogens (tertiary/aromatic N) is 2. The maximum atomic E-state index is 11.9. The van der Waals surface area contributed by atoms with Crippen LogP contribution in [0.2, 0.25) is 0 Å². The summed E-state index contributed by atoms with van der Waals surface area (Å²) >= 11 is 0. The lowest BCUT2D eigenvalue weighted by atomic mass is 9.88. The number of nitrogens with one attached hydrogen (secondary N) is 1. The summed E-state index contributed by atoms with van der Waals surface area (Å²) in [5, 5.41) is 16.4. The number of aliphatic hydroxyl groups is 1. The van der Waals surface area contributed by atoms with Crippen molar-refractivity contribution >= 4 is 5.91 Å². The number of aryl methyl sites for hydroxylation is 2. The molecule has 0 bridgehead atoms. The van der Waals surface area contributed by atoms with Crippen molar-refractivity contribution in [2.24, 2.45) is 12.5 Å². The van der Waals surface area contributed by atoms with Crippen molar-refractivity contribution in [3.05, 3.63) is 11.4 Å². The number of amides is 1. The van der Waals surface area contributed by atoms with Crippen molar-refractivity contribution in [1.29, 1.82) is 0 Å². The monoisotopic (exact) mass is 297 g/mol. The van der Waals surface area contributed by atoms with Crippen LogP contribution in [0.3, 0.4) is 0 Å². The molecule has 1 aromatic heterocycles. The van der Waals surface area contributed by atoms with Gasteiger partial charge in [0.15, 0.2) is 12.4 Å². The minimum Gasteiger partial charge on any atom is -0.480 e. The molecule has 0 aliphatic rings. The van der Waals surface area contributed by atoms with Crippen molar-refractivity contribution in [1.82, 2.24) is 15.1 Å². The quantitative estimate of drug-likeness (QED) is 0.830. The van der Waals surface area contributed by atoms with Crippen molar-refractivity contribution in [2.75, 3.05) is 13.2 Å². The molecule has 1 unspecified atom stereocenters. The predicted octanol–water partition coefficient (Wildman–Crippen LogP) is 1.33. The third-order valence-corrected chi connectivity index (χ3v) is 3.23. The molecule has 21 heavy (non-hydrogen) atoms. The molecule has 0 aromatic carbocycles. The molecule has 0 fully saturated rings. The molecule has 6 nitrogen and oxygen atoms in total. The van der Waals surface area contributed by atoms with Crippen LogP contribution in [-0.4, -0.2) is 40.0 Å². The number of carbonyl (C=O) groups excluding carboxylic acids is 1. The van der Waals surface area contributed by atoms with Gasteiger partial charge in [-0.2, -0.15) is 5.10 Å². The van der Waals surface area contributed by atoms with E-state index in [0.29, 0.717) is 12.2 Å². The fraction of sp³-hybridized carbons (Fsp3) is 0.733. The van der Waals surface area contributed by atoms with Gasteiger partial charge < -0.3 is 15.2 Å². The van der Waals surface area contributed by atoms with E-state index in [-0.39, 0.29) is 30.6 Å². The van der Waals surface area contributed by atoms with E-state index in [9.17, 15) is 9.90 Å². The van der Waals surface area contributed by atoms with E-state index in [1.807, 2.05) is 20.9 Å². The predicted molar refractivity (Wildman–Crippen MR) is 81.3 cm³/mol. The Labute approximate surface area is 126 Å². The zero-order chi connectivity index (χ0) is 16.2. The highest BCUT2D eigenvalue weighted by molar-refractivity contribution is 5.77. The summed E-state index contributed by atoms with van der Waals surface area (Å²) in [7, 11) is 1.83. The summed E-state index contributed by atoms with van der Waals surface area (Å²) in [5.74, 6) is 0.407. The Bertz CT molecular complexity index is 489. The Morgan fingerprint density at radius 3 is 2.48 bits per heavy atom. The molecular weight excluding hydrogens is 270 g/mol. The fourth-order valence-corrected chi connectivity index (χ4v) is 2.27. The molecule has 6 heteroatoms. The third kappa shape index (κ3) is 5.38. The number of aliphatic hydroxyl groups excluding tert-OH is 1. The lowest BCUT2D eigenvalue weighted by molar-refractivity contribution is -0.124. The van der Waals surface area contributed by atoms with Crippen molar-refractivity contribution < 1.29 is 14.6 Å². The first-order valence-corrected chi connectivity index (χ1v) is 7.17. The van der Waals surface area contributed by atoms with E-state index < -0.39 is 0 Å². The first-order valence-electron chi connectivity index (χ1n) is 7.17. The Morgan fingerprint density at radius 1 is 1.43 bits per heavy atom. The second kappa shape index (κ2) is 6.93. The van der Waals surface area contributed by atoms with E-state index in [4.69, 9.17) is 4.74 Å². The highest BCUT2D eigenvalue weighted by Crippen LogP contribution is 2.22. The Morgan fingerprint density at radius 2 is 2.05 bits per heavy atom. The first-order chi connectivity index (χ1) is 9.64. The van der Waals surface area contributed by atoms with Crippen LogP contribution >= 0.6 is 0 Å². The van der Waals surface area contributed by atoms with Crippen LogP contribution in [0.5, 0.6) is 5.75 Å². The molecule has 0 saturated heterocycles. The third-order valence-electron chi connectivity index (χ3n) is 3.23. The Hall–Kier alpha value is -1.56. The molecule has 0 spiro atoms. The molecule has 2 N–H and O–H groups in total. The largest absolute Gasteiger partial charge is 0.480 e. The molecule has 0 aliphatic carbocycles. The van der Waals surface area contributed by atoms with Gasteiger partial charge in [0.1, 0.15) is 5.69 Å². The number of ether oxygens (including phenoxy) is 1. The molecule has 1 atom stereocenters. The zero-order valence-corrected chi connectivity index (χ0v) is 13.9. The summed E-state index contributed by atoms with van der Waals surface area (Å²) in [6.07, 6.45) is 0.709. The number of aromatic nitrogens is 2. The van der Waals surface area contributed by atoms with Crippen LogP contribution < -0.4 is 10.1 Å². The van der Waals surface area contributed by atoms with Crippen LogP contribution in [0.4, 0.5) is 0 Å². The van der Waals surface area contributed by atoms with E-state index >= 15 is 0 Å². The van der Waals surface area contributed by atoms with Crippen molar-refractivity contribution in [3.8, 4) is 5.75 Å². The Balaban J connectivity index is 2.53. The number of hydrogen-bond donors (Lipinski definition) is 2. The van der Waals surface area contributed by atoms with E-state index in [2.05, 4.69) is 31.2 Å². The molecule has 1 amide bonds. The number of carbonyl (C=O) groups is 1. The molecule has 1 aromatic rings. The molecule has 0 radical (unpaired) electrons. The van der Waals surface area contributed by atoms with Crippen LogP contribution in [0.15, 0.2) is 0 Å². The van der Waals surface area contributed by atoms with Crippen LogP contribution in [0.25, 0.3) is 0 Å². The van der Waals surface area contributed by atoms with Crippen LogP contribution in [0, 0.1) is 19.3 Å². The highest BCUT2D eigenvalue weighted by atomic mass is 16.5. The Kier molecular flexibility index (Phi) is 5.78. The van der Waals surface area contributed by atoms with Crippen molar-refractivity contribution in [2.45, 2.75) is 47.1 Å². The van der Waals surface area contributed by atoms with Gasteiger partial charge in [-0.1, -0.05) is 20.8 Å². The average Bonchev–Trinajstić information content (AvgIpc) is 2.58. The van der Waals surface area contributed by atoms with Gasteiger partial charge in [-0.25, -0.2) is 0 Å². The molecule has 0 aliphatic heterocycles. The van der Waals surface area contributed by atoms with Gasteiger partial charge in [0.05, 0.1) is 18.3 Å². The lowest BCUT2D eigenvalue weighted by Gasteiger charge is -2.25. The normalized spacial score (nSPS) is 13.1. The second-order valence-electron chi connectivity index (χ2n) is 6.62. The SMILES string of the molecule is Cc1nn(C)c(C)c1OCC(=O)NC(CO)CC(C)(C)C. The maximum absolute atomic E-state index is 11.9. The van der Waals surface area contributed by atoms with Crippen molar-refractivity contribution in [3.63, 3.8) is 0 Å². The number of rotatable bonds is 6. The van der Waals surface area contributed by atoms with E-state index in [0.717, 1.165) is 11.4 Å². The maximum Gasteiger partial charge on any atom is 0.258 e. The van der Waals surface area contributed by atoms with Crippen LogP contribution in [-0.2, 0) is 11.8 Å². The van der Waals surface area contributed by atoms with Gasteiger partial charge >= 0.3 is 0 Å². The molecule has 0 saturated carbocycles. The standard InChI is InChI=1S/C15H27N3O3/c1-10-14(11(2)18(6)17-10)21-9-13(20)16-12(8-19)7-15(3,4)5/h12,19H,7-9H2,1-6H3,(H,16,20). The van der Waals surface area contributed by atoms with Gasteiger partial charge in [-0.05, 0) is 25.7 Å². The summed E-state index contributed by atoms with van der Waals surface area (Å²) in [4.78, 5) is 11.9. The lowest BCUT2D eigenvalue weighted by Crippen LogP contribution is -2.42. The summed E-state index contributed by atoms with van der Waals surface area (Å²) in [6.45, 7) is 9.80.